The van der Waals surface area contributed by atoms with Crippen molar-refractivity contribution in [3.8, 4) is 0 Å². The highest BCUT2D eigenvalue weighted by Gasteiger charge is 2.20. The molecule has 0 N–H and O–H groups in total. The largest absolute Gasteiger partial charge is 0.673 e. The summed E-state index contributed by atoms with van der Waals surface area (Å²) in [6.07, 6.45) is 12.0. The summed E-state index contributed by atoms with van der Waals surface area (Å²) in [5.41, 5.74) is 0. The second-order valence-electron chi connectivity index (χ2n) is 3.75. The summed E-state index contributed by atoms with van der Waals surface area (Å²) in [5.74, 6) is 1.34. The number of hydrogen-bond donors (Lipinski definition) is 0. The lowest BCUT2D eigenvalue weighted by molar-refractivity contribution is -0.678. The normalized spacial score (nSPS) is 11.5. The molecule has 1 aromatic heterocycles. The highest BCUT2D eigenvalue weighted by molar-refractivity contribution is 6.50. The maximum Gasteiger partial charge on any atom is 0.673 e. The smallest absolute Gasteiger partial charge is 0.418 e. The Morgan fingerprint density at radius 3 is 2.28 bits per heavy atom. The highest BCUT2D eigenvalue weighted by atomic mass is 19.5. The molecule has 0 atom stereocenters. The van der Waals surface area contributed by atoms with Crippen LogP contribution in [0.4, 0.5) is 17.3 Å². The van der Waals surface area contributed by atoms with Crippen molar-refractivity contribution in [2.45, 2.75) is 33.1 Å². The van der Waals surface area contributed by atoms with E-state index in [4.69, 9.17) is 0 Å². The van der Waals surface area contributed by atoms with Gasteiger partial charge in [0.2, 0.25) is 0 Å². The van der Waals surface area contributed by atoms with Gasteiger partial charge in [0, 0.05) is 6.42 Å². The van der Waals surface area contributed by atoms with Crippen LogP contribution < -0.4 is 4.57 Å². The molecule has 0 aromatic carbocycles. The summed E-state index contributed by atoms with van der Waals surface area (Å²) in [6, 6.07) is 0. The summed E-state index contributed by atoms with van der Waals surface area (Å²) >= 11 is 0. The summed E-state index contributed by atoms with van der Waals surface area (Å²) in [4.78, 5) is 0. The second-order valence-corrected chi connectivity index (χ2v) is 3.75. The van der Waals surface area contributed by atoms with Gasteiger partial charge in [-0.15, -0.1) is 0 Å². The van der Waals surface area contributed by atoms with E-state index in [-0.39, 0.29) is 0 Å². The fraction of sp³-hybridized carbons (Fsp3) is 0.545. The fourth-order valence-corrected chi connectivity index (χ4v) is 1.45. The van der Waals surface area contributed by atoms with Crippen LogP contribution in [0.5, 0.6) is 0 Å². The highest BCUT2D eigenvalue weighted by Crippen LogP contribution is 2.06. The first kappa shape index (κ1) is 16.7. The molecule has 0 radical (unpaired) electrons. The van der Waals surface area contributed by atoms with E-state index in [0.29, 0.717) is 0 Å². The first-order valence-electron chi connectivity index (χ1n) is 5.88. The maximum atomic E-state index is 9.75. The Morgan fingerprint density at radius 1 is 1.28 bits per heavy atom. The van der Waals surface area contributed by atoms with Gasteiger partial charge >= 0.3 is 7.25 Å². The van der Waals surface area contributed by atoms with Crippen LogP contribution >= 0.6 is 0 Å². The molecule has 0 saturated heterocycles. The molecule has 0 fully saturated rings. The number of hydrogen-bond acceptors (Lipinski definition) is 0. The predicted octanol–water partition coefficient (Wildman–Crippen LogP) is 3.45. The van der Waals surface area contributed by atoms with Gasteiger partial charge in [-0.05, 0) is 12.5 Å². The Labute approximate surface area is 105 Å². The average Bonchev–Trinajstić information content (AvgIpc) is 2.57. The molecule has 0 aliphatic rings. The molecule has 0 aliphatic carbocycles. The molecule has 0 unspecified atom stereocenters. The van der Waals surface area contributed by atoms with Gasteiger partial charge in [0.05, 0.1) is 13.2 Å². The minimum Gasteiger partial charge on any atom is -0.418 e. The molecular formula is C11H19BF4N2. The number of aryl methyl sites for hydroxylation is 1. The van der Waals surface area contributed by atoms with Gasteiger partial charge in [-0.1, -0.05) is 20.3 Å². The Hall–Kier alpha value is -1.27. The number of aromatic nitrogens is 2. The zero-order valence-electron chi connectivity index (χ0n) is 10.9. The number of allylic oxidation sites excluding steroid dienone is 1. The van der Waals surface area contributed by atoms with E-state index in [1.165, 1.54) is 12.2 Å². The van der Waals surface area contributed by atoms with Crippen LogP contribution in [-0.2, 0) is 13.5 Å². The third-order valence-corrected chi connectivity index (χ3v) is 2.19. The first-order valence-corrected chi connectivity index (χ1v) is 5.88. The monoisotopic (exact) mass is 266 g/mol. The zero-order valence-corrected chi connectivity index (χ0v) is 10.9. The Morgan fingerprint density at radius 2 is 1.83 bits per heavy atom. The van der Waals surface area contributed by atoms with E-state index in [0.717, 1.165) is 12.8 Å². The third kappa shape index (κ3) is 7.92. The third-order valence-electron chi connectivity index (χ3n) is 2.19. The van der Waals surface area contributed by atoms with E-state index in [1.54, 1.807) is 0 Å². The molecular weight excluding hydrogens is 247 g/mol. The molecule has 0 saturated carbocycles. The van der Waals surface area contributed by atoms with Crippen molar-refractivity contribution in [3.63, 3.8) is 0 Å². The maximum absolute atomic E-state index is 9.75. The fourth-order valence-electron chi connectivity index (χ4n) is 1.45. The zero-order chi connectivity index (χ0) is 14.2. The standard InChI is InChI=1S/C11H19N2.BF4/c1-4-6-7-8-13-10-9-12(3)11(13)5-2;2-1(3,4)5/h7-10H,4-6H2,1-3H3;/q+1;-1. The minimum atomic E-state index is -6.00. The molecule has 1 heterocycles. The Kier molecular flexibility index (Phi) is 7.39. The SMILES string of the molecule is CCCC=Cn1cc[n+](C)c1CC.F[B-](F)(F)F. The van der Waals surface area contributed by atoms with Crippen LogP contribution in [0.1, 0.15) is 32.5 Å². The van der Waals surface area contributed by atoms with Gasteiger partial charge in [-0.25, -0.2) is 9.13 Å². The quantitative estimate of drug-likeness (QED) is 0.448. The lowest BCUT2D eigenvalue weighted by atomic mass is 10.3. The van der Waals surface area contributed by atoms with Gasteiger partial charge in [-0.3, -0.25) is 0 Å². The number of halogens is 4. The summed E-state index contributed by atoms with van der Waals surface area (Å²) in [6.45, 7) is 4.38. The van der Waals surface area contributed by atoms with Crippen molar-refractivity contribution < 1.29 is 21.8 Å². The Bertz CT molecular complexity index is 366. The second kappa shape index (κ2) is 7.95. The topological polar surface area (TPSA) is 8.81 Å². The van der Waals surface area contributed by atoms with Gasteiger partial charge in [0.15, 0.2) is 0 Å². The van der Waals surface area contributed by atoms with Crippen LogP contribution in [0, 0.1) is 0 Å². The van der Waals surface area contributed by atoms with Gasteiger partial charge < -0.3 is 17.3 Å². The average molecular weight is 266 g/mol. The van der Waals surface area contributed by atoms with E-state index in [2.05, 4.69) is 54.7 Å². The molecule has 0 aliphatic heterocycles. The van der Waals surface area contributed by atoms with Crippen molar-refractivity contribution in [3.05, 3.63) is 24.3 Å². The van der Waals surface area contributed by atoms with Crippen LogP contribution in [0.15, 0.2) is 18.5 Å². The molecule has 18 heavy (non-hydrogen) atoms. The molecule has 104 valence electrons. The molecule has 0 spiro atoms. The summed E-state index contributed by atoms with van der Waals surface area (Å²) in [7, 11) is -3.91. The minimum absolute atomic E-state index is 1.07. The lowest BCUT2D eigenvalue weighted by Crippen LogP contribution is -2.31. The van der Waals surface area contributed by atoms with Crippen molar-refractivity contribution in [1.82, 2.24) is 4.57 Å². The predicted molar refractivity (Wildman–Crippen MR) is 65.4 cm³/mol. The van der Waals surface area contributed by atoms with Crippen molar-refractivity contribution >= 4 is 13.5 Å². The van der Waals surface area contributed by atoms with Gasteiger partial charge in [-0.2, -0.15) is 0 Å². The van der Waals surface area contributed by atoms with E-state index in [9.17, 15) is 17.3 Å². The lowest BCUT2D eigenvalue weighted by Gasteiger charge is -1.94. The van der Waals surface area contributed by atoms with Crippen molar-refractivity contribution in [2.24, 2.45) is 7.05 Å². The van der Waals surface area contributed by atoms with Crippen molar-refractivity contribution in [1.29, 1.82) is 0 Å². The van der Waals surface area contributed by atoms with Crippen LogP contribution in [0.25, 0.3) is 6.20 Å². The summed E-state index contributed by atoms with van der Waals surface area (Å²) in [5, 5.41) is 0. The van der Waals surface area contributed by atoms with Crippen LogP contribution in [0.2, 0.25) is 0 Å². The molecule has 7 heteroatoms. The number of nitrogens with zero attached hydrogens (tertiary/aromatic N) is 2. The first-order chi connectivity index (χ1) is 8.29. The van der Waals surface area contributed by atoms with Crippen molar-refractivity contribution in [2.75, 3.05) is 0 Å². The molecule has 0 bridgehead atoms. The molecule has 1 aromatic rings. The number of unbranched alkanes of at least 4 members (excludes halogenated alkanes) is 1. The van der Waals surface area contributed by atoms with Crippen LogP contribution in [0.3, 0.4) is 0 Å². The molecule has 2 nitrogen and oxygen atoms in total. The molecule has 0 amide bonds. The number of rotatable bonds is 4. The summed E-state index contributed by atoms with van der Waals surface area (Å²) < 4.78 is 43.4. The van der Waals surface area contributed by atoms with Gasteiger partial charge in [0.25, 0.3) is 5.82 Å². The Balaban J connectivity index is 0.000000494. The van der Waals surface area contributed by atoms with E-state index < -0.39 is 7.25 Å². The molecule has 1 rings (SSSR count). The number of imidazole rings is 1. The van der Waals surface area contributed by atoms with Gasteiger partial charge in [0.1, 0.15) is 12.4 Å². The van der Waals surface area contributed by atoms with E-state index in [1.807, 2.05) is 0 Å². The van der Waals surface area contributed by atoms with Crippen LogP contribution in [-0.4, -0.2) is 11.8 Å². The van der Waals surface area contributed by atoms with E-state index >= 15 is 0 Å².